The molecule has 2 rings (SSSR count). The van der Waals surface area contributed by atoms with Crippen LogP contribution >= 0.6 is 0 Å². The predicted molar refractivity (Wildman–Crippen MR) is 103 cm³/mol. The molecule has 0 aliphatic heterocycles. The molecule has 25 heavy (non-hydrogen) atoms. The van der Waals surface area contributed by atoms with E-state index in [0.29, 0.717) is 12.1 Å². The number of nitrogens with zero attached hydrogens (tertiary/aromatic N) is 2. The predicted octanol–water partition coefficient (Wildman–Crippen LogP) is 2.79. The second kappa shape index (κ2) is 8.53. The van der Waals surface area contributed by atoms with E-state index in [2.05, 4.69) is 10.2 Å². The number of anilines is 1. The van der Waals surface area contributed by atoms with Crippen LogP contribution in [0.4, 0.5) is 5.69 Å². The summed E-state index contributed by atoms with van der Waals surface area (Å²) in [4.78, 5) is 16.6. The van der Waals surface area contributed by atoms with E-state index in [4.69, 9.17) is 4.74 Å². The normalized spacial score (nSPS) is 11.9. The SMILES string of the molecule is COc1ccccc1C(CNC(=O)c1cccc(N(C)C)c1)N(C)C. The highest BCUT2D eigenvalue weighted by Gasteiger charge is 2.19. The van der Waals surface area contributed by atoms with E-state index >= 15 is 0 Å². The molecule has 2 aromatic rings. The molecule has 5 heteroatoms. The van der Waals surface area contributed by atoms with E-state index in [9.17, 15) is 4.79 Å². The number of hydrogen-bond donors (Lipinski definition) is 1. The van der Waals surface area contributed by atoms with Crippen LogP contribution in [0.25, 0.3) is 0 Å². The van der Waals surface area contributed by atoms with Crippen LogP contribution in [-0.2, 0) is 0 Å². The van der Waals surface area contributed by atoms with E-state index in [-0.39, 0.29) is 11.9 Å². The molecule has 0 saturated carbocycles. The van der Waals surface area contributed by atoms with Gasteiger partial charge in [-0.1, -0.05) is 24.3 Å². The lowest BCUT2D eigenvalue weighted by Crippen LogP contribution is -2.34. The van der Waals surface area contributed by atoms with Crippen LogP contribution in [0.1, 0.15) is 22.0 Å². The number of hydrogen-bond acceptors (Lipinski definition) is 4. The minimum Gasteiger partial charge on any atom is -0.496 e. The topological polar surface area (TPSA) is 44.8 Å². The molecular formula is C20H27N3O2. The van der Waals surface area contributed by atoms with Gasteiger partial charge >= 0.3 is 0 Å². The van der Waals surface area contributed by atoms with Gasteiger partial charge in [-0.3, -0.25) is 4.79 Å². The summed E-state index contributed by atoms with van der Waals surface area (Å²) in [6, 6.07) is 15.5. The number of carbonyl (C=O) groups excluding carboxylic acids is 1. The van der Waals surface area contributed by atoms with Gasteiger partial charge < -0.3 is 19.9 Å². The molecule has 2 aromatic carbocycles. The summed E-state index contributed by atoms with van der Waals surface area (Å²) in [6.07, 6.45) is 0. The summed E-state index contributed by atoms with van der Waals surface area (Å²) < 4.78 is 5.47. The van der Waals surface area contributed by atoms with Crippen molar-refractivity contribution >= 4 is 11.6 Å². The zero-order chi connectivity index (χ0) is 18.4. The molecule has 0 radical (unpaired) electrons. The Labute approximate surface area is 150 Å². The molecule has 1 amide bonds. The number of benzene rings is 2. The van der Waals surface area contributed by atoms with Crippen molar-refractivity contribution in [3.05, 3.63) is 59.7 Å². The van der Waals surface area contributed by atoms with Crippen LogP contribution in [0, 0.1) is 0 Å². The maximum absolute atomic E-state index is 12.6. The Balaban J connectivity index is 2.14. The van der Waals surface area contributed by atoms with Crippen LogP contribution in [0.2, 0.25) is 0 Å². The van der Waals surface area contributed by atoms with Crippen molar-refractivity contribution in [2.24, 2.45) is 0 Å². The Bertz CT molecular complexity index is 714. The highest BCUT2D eigenvalue weighted by molar-refractivity contribution is 5.95. The molecule has 0 aliphatic rings. The quantitative estimate of drug-likeness (QED) is 0.841. The standard InChI is InChI=1S/C20H27N3O2/c1-22(2)16-10-8-9-15(13-16)20(24)21-14-18(23(3)4)17-11-6-7-12-19(17)25-5/h6-13,18H,14H2,1-5H3,(H,21,24). The van der Waals surface area contributed by atoms with E-state index in [1.54, 1.807) is 7.11 Å². The van der Waals surface area contributed by atoms with Crippen LogP contribution in [0.3, 0.4) is 0 Å². The van der Waals surface area contributed by atoms with Gasteiger partial charge in [-0.2, -0.15) is 0 Å². The van der Waals surface area contributed by atoms with E-state index < -0.39 is 0 Å². The number of methoxy groups -OCH3 is 1. The van der Waals surface area contributed by atoms with Crippen LogP contribution < -0.4 is 15.0 Å². The Morgan fingerprint density at radius 1 is 1.08 bits per heavy atom. The lowest BCUT2D eigenvalue weighted by molar-refractivity contribution is 0.0941. The summed E-state index contributed by atoms with van der Waals surface area (Å²) in [5, 5.41) is 3.04. The van der Waals surface area contributed by atoms with Crippen molar-refractivity contribution in [3.8, 4) is 5.75 Å². The van der Waals surface area contributed by atoms with Crippen LogP contribution in [-0.4, -0.2) is 52.7 Å². The Morgan fingerprint density at radius 3 is 2.44 bits per heavy atom. The Hall–Kier alpha value is -2.53. The fraction of sp³-hybridized carbons (Fsp3) is 0.350. The molecule has 0 saturated heterocycles. The smallest absolute Gasteiger partial charge is 0.251 e. The number of carbonyl (C=O) groups is 1. The van der Waals surface area contributed by atoms with Crippen molar-refractivity contribution in [1.29, 1.82) is 0 Å². The first-order valence-electron chi connectivity index (χ1n) is 8.29. The lowest BCUT2D eigenvalue weighted by atomic mass is 10.0. The van der Waals surface area contributed by atoms with Gasteiger partial charge in [-0.05, 0) is 38.4 Å². The molecule has 0 bridgehead atoms. The summed E-state index contributed by atoms with van der Waals surface area (Å²) in [6.45, 7) is 0.498. The third kappa shape index (κ3) is 4.73. The fourth-order valence-electron chi connectivity index (χ4n) is 2.73. The molecule has 134 valence electrons. The van der Waals surface area contributed by atoms with E-state index in [0.717, 1.165) is 17.0 Å². The first kappa shape index (κ1) is 18.8. The molecule has 0 aromatic heterocycles. The summed E-state index contributed by atoms with van der Waals surface area (Å²) in [7, 11) is 9.57. The highest BCUT2D eigenvalue weighted by atomic mass is 16.5. The molecule has 0 heterocycles. The molecule has 5 nitrogen and oxygen atoms in total. The number of rotatable bonds is 7. The van der Waals surface area contributed by atoms with E-state index in [1.807, 2.05) is 81.6 Å². The number of likely N-dealkylation sites (N-methyl/N-ethyl adjacent to an activating group) is 1. The third-order valence-electron chi connectivity index (χ3n) is 4.20. The third-order valence-corrected chi connectivity index (χ3v) is 4.20. The molecule has 0 spiro atoms. The number of ether oxygens (including phenoxy) is 1. The van der Waals surface area contributed by atoms with Crippen molar-refractivity contribution < 1.29 is 9.53 Å². The van der Waals surface area contributed by atoms with Crippen molar-refractivity contribution in [3.63, 3.8) is 0 Å². The minimum absolute atomic E-state index is 0.0251. The Kier molecular flexibility index (Phi) is 6.42. The van der Waals surface area contributed by atoms with Gasteiger partial charge in [-0.25, -0.2) is 0 Å². The second-order valence-electron chi connectivity index (χ2n) is 6.38. The number of nitrogens with one attached hydrogen (secondary N) is 1. The zero-order valence-electron chi connectivity index (χ0n) is 15.6. The summed E-state index contributed by atoms with van der Waals surface area (Å²) >= 11 is 0. The summed E-state index contributed by atoms with van der Waals surface area (Å²) in [5.74, 6) is 0.746. The average Bonchev–Trinajstić information content (AvgIpc) is 2.61. The van der Waals surface area contributed by atoms with Gasteiger partial charge in [0, 0.05) is 37.5 Å². The van der Waals surface area contributed by atoms with E-state index in [1.165, 1.54) is 0 Å². The number of para-hydroxylation sites is 1. The maximum Gasteiger partial charge on any atom is 0.251 e. The van der Waals surface area contributed by atoms with Crippen molar-refractivity contribution in [1.82, 2.24) is 10.2 Å². The Morgan fingerprint density at radius 2 is 1.80 bits per heavy atom. The second-order valence-corrected chi connectivity index (χ2v) is 6.38. The summed E-state index contributed by atoms with van der Waals surface area (Å²) in [5.41, 5.74) is 2.71. The maximum atomic E-state index is 12.6. The van der Waals surface area contributed by atoms with Gasteiger partial charge in [0.1, 0.15) is 5.75 Å². The molecule has 0 aliphatic carbocycles. The van der Waals surface area contributed by atoms with Crippen molar-refractivity contribution in [2.45, 2.75) is 6.04 Å². The molecule has 1 atom stereocenters. The van der Waals surface area contributed by atoms with Crippen molar-refractivity contribution in [2.75, 3.05) is 46.7 Å². The zero-order valence-corrected chi connectivity index (χ0v) is 15.6. The first-order valence-corrected chi connectivity index (χ1v) is 8.29. The fourth-order valence-corrected chi connectivity index (χ4v) is 2.73. The molecule has 1 unspecified atom stereocenters. The van der Waals surface area contributed by atoms with Crippen LogP contribution in [0.15, 0.2) is 48.5 Å². The molecule has 0 fully saturated rings. The first-order chi connectivity index (χ1) is 11.9. The largest absolute Gasteiger partial charge is 0.496 e. The molecular weight excluding hydrogens is 314 g/mol. The average molecular weight is 341 g/mol. The lowest BCUT2D eigenvalue weighted by Gasteiger charge is -2.26. The van der Waals surface area contributed by atoms with Gasteiger partial charge in [0.25, 0.3) is 5.91 Å². The number of amides is 1. The van der Waals surface area contributed by atoms with Gasteiger partial charge in [0.2, 0.25) is 0 Å². The van der Waals surface area contributed by atoms with Gasteiger partial charge in [0.05, 0.1) is 13.2 Å². The minimum atomic E-state index is -0.0783. The monoisotopic (exact) mass is 341 g/mol. The molecule has 1 N–H and O–H groups in total. The van der Waals surface area contributed by atoms with Gasteiger partial charge in [-0.15, -0.1) is 0 Å². The highest BCUT2D eigenvalue weighted by Crippen LogP contribution is 2.27. The van der Waals surface area contributed by atoms with Crippen LogP contribution in [0.5, 0.6) is 5.75 Å². The van der Waals surface area contributed by atoms with Gasteiger partial charge in [0.15, 0.2) is 0 Å².